The Labute approximate surface area is 111 Å². The van der Waals surface area contributed by atoms with Crippen molar-refractivity contribution in [2.24, 2.45) is 5.73 Å². The van der Waals surface area contributed by atoms with E-state index in [0.29, 0.717) is 6.42 Å². The molecule has 0 saturated heterocycles. The van der Waals surface area contributed by atoms with Gasteiger partial charge in [-0.2, -0.15) is 0 Å². The lowest BCUT2D eigenvalue weighted by atomic mass is 10.1. The summed E-state index contributed by atoms with van der Waals surface area (Å²) in [7, 11) is 0. The summed E-state index contributed by atoms with van der Waals surface area (Å²) in [6.07, 6.45) is 2.13. The summed E-state index contributed by atoms with van der Waals surface area (Å²) in [4.78, 5) is 33.1. The van der Waals surface area contributed by atoms with Gasteiger partial charge in [-0.3, -0.25) is 14.4 Å². The Morgan fingerprint density at radius 2 is 1.89 bits per heavy atom. The van der Waals surface area contributed by atoms with Crippen molar-refractivity contribution in [1.29, 1.82) is 0 Å². The van der Waals surface area contributed by atoms with Crippen molar-refractivity contribution in [2.45, 2.75) is 12.5 Å². The molecule has 1 radical (unpaired) electrons. The second-order valence-corrected chi connectivity index (χ2v) is 3.91. The van der Waals surface area contributed by atoms with E-state index in [1.807, 2.05) is 30.3 Å². The molecular weight excluding hydrogens is 246 g/mol. The van der Waals surface area contributed by atoms with Gasteiger partial charge in [-0.25, -0.2) is 0 Å². The lowest BCUT2D eigenvalue weighted by Crippen LogP contribution is -2.44. The summed E-state index contributed by atoms with van der Waals surface area (Å²) in [5.41, 5.74) is 6.00. The second-order valence-electron chi connectivity index (χ2n) is 3.91. The third-order valence-electron chi connectivity index (χ3n) is 2.39. The van der Waals surface area contributed by atoms with Crippen LogP contribution in [0.2, 0.25) is 0 Å². The zero-order valence-corrected chi connectivity index (χ0v) is 10.4. The molecular formula is C13H16N3O3. The number of rotatable bonds is 7. The average Bonchev–Trinajstić information content (AvgIpc) is 2.45. The first-order valence-corrected chi connectivity index (χ1v) is 5.83. The van der Waals surface area contributed by atoms with Gasteiger partial charge < -0.3 is 16.4 Å². The molecule has 6 nitrogen and oxygen atoms in total. The van der Waals surface area contributed by atoms with E-state index in [2.05, 4.69) is 10.6 Å². The first-order valence-electron chi connectivity index (χ1n) is 5.83. The van der Waals surface area contributed by atoms with Gasteiger partial charge in [0.15, 0.2) is 0 Å². The third-order valence-corrected chi connectivity index (χ3v) is 2.39. The lowest BCUT2D eigenvalue weighted by molar-refractivity contribution is -0.125. The number of amides is 2. The molecule has 19 heavy (non-hydrogen) atoms. The Morgan fingerprint density at radius 3 is 2.47 bits per heavy atom. The van der Waals surface area contributed by atoms with Crippen LogP contribution < -0.4 is 16.4 Å². The Morgan fingerprint density at radius 1 is 1.21 bits per heavy atom. The van der Waals surface area contributed by atoms with Gasteiger partial charge in [0.25, 0.3) is 0 Å². The maximum absolute atomic E-state index is 11.5. The molecule has 0 fully saturated rings. The van der Waals surface area contributed by atoms with Crippen LogP contribution in [0.5, 0.6) is 0 Å². The van der Waals surface area contributed by atoms with Crippen molar-refractivity contribution in [3.63, 3.8) is 0 Å². The molecule has 0 spiro atoms. The van der Waals surface area contributed by atoms with Crippen molar-refractivity contribution >= 4 is 18.1 Å². The fourth-order valence-corrected chi connectivity index (χ4v) is 1.47. The Kier molecular flexibility index (Phi) is 6.25. The summed E-state index contributed by atoms with van der Waals surface area (Å²) in [6, 6.07) is 8.54. The minimum Gasteiger partial charge on any atom is -0.346 e. The number of nitrogens with one attached hydrogen (secondary N) is 2. The smallest absolute Gasteiger partial charge is 0.240 e. The topological polar surface area (TPSA) is 101 Å². The highest BCUT2D eigenvalue weighted by atomic mass is 16.2. The number of carbonyl (C=O) groups excluding carboxylic acids is 3. The molecule has 4 N–H and O–H groups in total. The zero-order valence-electron chi connectivity index (χ0n) is 10.4. The number of nitrogens with two attached hydrogens (primary N) is 1. The van der Waals surface area contributed by atoms with Crippen molar-refractivity contribution in [1.82, 2.24) is 10.6 Å². The van der Waals surface area contributed by atoms with Gasteiger partial charge in [-0.15, -0.1) is 0 Å². The van der Waals surface area contributed by atoms with Crippen LogP contribution in [0.15, 0.2) is 30.3 Å². The minimum atomic E-state index is -0.732. The van der Waals surface area contributed by atoms with Crippen LogP contribution in [0.4, 0.5) is 0 Å². The SMILES string of the molecule is NCC(=O)NCC(=O)NC([C]=O)Cc1ccccc1. The number of benzene rings is 1. The molecule has 101 valence electrons. The van der Waals surface area contributed by atoms with E-state index >= 15 is 0 Å². The standard InChI is InChI=1S/C13H16N3O3/c14-7-12(18)15-8-13(19)16-11(9-17)6-10-4-2-1-3-5-10/h1-5,11H,6-8,14H2,(H,15,18)(H,16,19). The zero-order chi connectivity index (χ0) is 14.1. The molecule has 0 heterocycles. The van der Waals surface area contributed by atoms with Gasteiger partial charge >= 0.3 is 0 Å². The molecule has 0 aliphatic carbocycles. The van der Waals surface area contributed by atoms with Gasteiger partial charge in [0.2, 0.25) is 18.1 Å². The first-order chi connectivity index (χ1) is 9.15. The largest absolute Gasteiger partial charge is 0.346 e. The predicted octanol–water partition coefficient (Wildman–Crippen LogP) is -1.10. The molecule has 6 heteroatoms. The Hall–Kier alpha value is -2.21. The highest BCUT2D eigenvalue weighted by molar-refractivity contribution is 5.86. The number of carbonyl (C=O) groups is 2. The molecule has 0 bridgehead atoms. The van der Waals surface area contributed by atoms with E-state index < -0.39 is 17.9 Å². The van der Waals surface area contributed by atoms with Crippen molar-refractivity contribution in [3.8, 4) is 0 Å². The number of hydrogen-bond donors (Lipinski definition) is 3. The van der Waals surface area contributed by atoms with Gasteiger partial charge in [0.05, 0.1) is 19.1 Å². The van der Waals surface area contributed by atoms with Crippen LogP contribution in [0.25, 0.3) is 0 Å². The third kappa shape index (κ3) is 5.78. The lowest BCUT2D eigenvalue weighted by Gasteiger charge is -2.12. The predicted molar refractivity (Wildman–Crippen MR) is 69.8 cm³/mol. The molecule has 2 amide bonds. The molecule has 1 atom stereocenters. The fraction of sp³-hybridized carbons (Fsp3) is 0.308. The number of hydrogen-bond acceptors (Lipinski definition) is 4. The quantitative estimate of drug-likeness (QED) is 0.580. The van der Waals surface area contributed by atoms with Gasteiger partial charge in [0.1, 0.15) is 0 Å². The van der Waals surface area contributed by atoms with Crippen LogP contribution in [0, 0.1) is 0 Å². The summed E-state index contributed by atoms with van der Waals surface area (Å²) >= 11 is 0. The molecule has 0 aromatic heterocycles. The van der Waals surface area contributed by atoms with E-state index in [-0.39, 0.29) is 13.1 Å². The summed E-state index contributed by atoms with van der Waals surface area (Å²) in [5, 5.41) is 4.80. The maximum Gasteiger partial charge on any atom is 0.240 e. The van der Waals surface area contributed by atoms with E-state index in [0.717, 1.165) is 5.56 Å². The van der Waals surface area contributed by atoms with Gasteiger partial charge in [0, 0.05) is 6.42 Å². The average molecular weight is 262 g/mol. The van der Waals surface area contributed by atoms with Crippen LogP contribution in [-0.4, -0.2) is 37.2 Å². The van der Waals surface area contributed by atoms with E-state index in [9.17, 15) is 14.4 Å². The Balaban J connectivity index is 2.42. The molecule has 1 aromatic rings. The van der Waals surface area contributed by atoms with Crippen LogP contribution in [-0.2, 0) is 20.8 Å². The highest BCUT2D eigenvalue weighted by Crippen LogP contribution is 2.01. The fourth-order valence-electron chi connectivity index (χ4n) is 1.47. The van der Waals surface area contributed by atoms with Crippen molar-refractivity contribution in [2.75, 3.05) is 13.1 Å². The molecule has 0 saturated carbocycles. The minimum absolute atomic E-state index is 0.180. The molecule has 0 aliphatic rings. The summed E-state index contributed by atoms with van der Waals surface area (Å²) in [5.74, 6) is -0.879. The van der Waals surface area contributed by atoms with Crippen molar-refractivity contribution < 1.29 is 14.4 Å². The Bertz CT molecular complexity index is 434. The first kappa shape index (κ1) is 14.8. The molecule has 1 aromatic carbocycles. The molecule has 1 rings (SSSR count). The normalized spacial score (nSPS) is 11.4. The van der Waals surface area contributed by atoms with Crippen LogP contribution in [0.3, 0.4) is 0 Å². The summed E-state index contributed by atoms with van der Waals surface area (Å²) in [6.45, 7) is -0.385. The van der Waals surface area contributed by atoms with Crippen LogP contribution in [0.1, 0.15) is 5.56 Å². The monoisotopic (exact) mass is 262 g/mol. The highest BCUT2D eigenvalue weighted by Gasteiger charge is 2.13. The maximum atomic E-state index is 11.5. The molecule has 0 aliphatic heterocycles. The van der Waals surface area contributed by atoms with E-state index in [4.69, 9.17) is 5.73 Å². The second kappa shape index (κ2) is 7.99. The van der Waals surface area contributed by atoms with Crippen molar-refractivity contribution in [3.05, 3.63) is 35.9 Å². The van der Waals surface area contributed by atoms with Gasteiger partial charge in [-0.05, 0) is 5.56 Å². The van der Waals surface area contributed by atoms with Crippen LogP contribution >= 0.6 is 0 Å². The van der Waals surface area contributed by atoms with E-state index in [1.54, 1.807) is 6.29 Å². The van der Waals surface area contributed by atoms with Gasteiger partial charge in [-0.1, -0.05) is 30.3 Å². The molecule has 1 unspecified atom stereocenters. The van der Waals surface area contributed by atoms with E-state index in [1.165, 1.54) is 0 Å². The summed E-state index contributed by atoms with van der Waals surface area (Å²) < 4.78 is 0.